The van der Waals surface area contributed by atoms with Crippen molar-refractivity contribution in [3.8, 4) is 5.75 Å². The second-order valence-corrected chi connectivity index (χ2v) is 5.09. The van der Waals surface area contributed by atoms with E-state index in [1.807, 2.05) is 31.2 Å². The summed E-state index contributed by atoms with van der Waals surface area (Å²) in [5.74, 6) is 0.340. The molecule has 2 rings (SSSR count). The Kier molecular flexibility index (Phi) is 4.77. The first-order valence-corrected chi connectivity index (χ1v) is 6.80. The number of hydrogen-bond donors (Lipinski definition) is 3. The number of rotatable bonds is 5. The van der Waals surface area contributed by atoms with Crippen molar-refractivity contribution < 1.29 is 15.3 Å². The van der Waals surface area contributed by atoms with Crippen molar-refractivity contribution in [3.63, 3.8) is 0 Å². The molecule has 0 aromatic heterocycles. The molecule has 2 aromatic rings. The van der Waals surface area contributed by atoms with Gasteiger partial charge in [-0.15, -0.1) is 0 Å². The minimum atomic E-state index is -1.40. The number of benzene rings is 2. The molecule has 0 atom stereocenters. The molecule has 3 nitrogen and oxygen atoms in total. The van der Waals surface area contributed by atoms with Crippen molar-refractivity contribution in [1.29, 1.82) is 0 Å². The predicted molar refractivity (Wildman–Crippen MR) is 78.5 cm³/mol. The lowest BCUT2D eigenvalue weighted by atomic mass is 10.0. The third-order valence-electron chi connectivity index (χ3n) is 3.47. The van der Waals surface area contributed by atoms with Crippen molar-refractivity contribution in [2.45, 2.75) is 32.5 Å². The van der Waals surface area contributed by atoms with Gasteiger partial charge in [-0.25, -0.2) is 0 Å². The molecule has 0 bridgehead atoms. The Morgan fingerprint density at radius 3 is 2.10 bits per heavy atom. The van der Waals surface area contributed by atoms with Crippen LogP contribution in [0, 0.1) is 6.92 Å². The minimum absolute atomic E-state index is 0.340. The van der Waals surface area contributed by atoms with Crippen molar-refractivity contribution in [2.24, 2.45) is 0 Å². The third-order valence-corrected chi connectivity index (χ3v) is 3.47. The van der Waals surface area contributed by atoms with Gasteiger partial charge in [-0.1, -0.05) is 36.4 Å². The highest BCUT2D eigenvalue weighted by atomic mass is 16.5. The zero-order valence-corrected chi connectivity index (χ0v) is 11.6. The van der Waals surface area contributed by atoms with Crippen LogP contribution in [0.1, 0.15) is 35.0 Å². The first-order chi connectivity index (χ1) is 9.56. The third kappa shape index (κ3) is 3.83. The van der Waals surface area contributed by atoms with Gasteiger partial charge in [-0.2, -0.15) is 0 Å². The molecule has 0 spiro atoms. The van der Waals surface area contributed by atoms with Gasteiger partial charge in [0.1, 0.15) is 5.75 Å². The van der Waals surface area contributed by atoms with Crippen LogP contribution in [0.5, 0.6) is 5.75 Å². The fourth-order valence-corrected chi connectivity index (χ4v) is 2.23. The number of hydrogen-bond acceptors (Lipinski definition) is 3. The molecule has 106 valence electrons. The fraction of sp³-hybridized carbons (Fsp3) is 0.294. The van der Waals surface area contributed by atoms with E-state index in [1.165, 1.54) is 11.1 Å². The average molecular weight is 272 g/mol. The van der Waals surface area contributed by atoms with Gasteiger partial charge in [0.15, 0.2) is 6.29 Å². The fourth-order valence-electron chi connectivity index (χ4n) is 2.23. The Balaban J connectivity index is 1.87. The molecule has 0 amide bonds. The SMILES string of the molecule is Cc1cc(CCCc2ccc(C(O)O)cc2)ccc1O. The average Bonchev–Trinajstić information content (AvgIpc) is 2.43. The molecule has 0 saturated heterocycles. The first-order valence-electron chi connectivity index (χ1n) is 6.80. The summed E-state index contributed by atoms with van der Waals surface area (Å²) in [5, 5.41) is 27.5. The van der Waals surface area contributed by atoms with Gasteiger partial charge in [0.25, 0.3) is 0 Å². The number of phenolic OH excluding ortho intramolecular Hbond substituents is 1. The maximum atomic E-state index is 9.48. The van der Waals surface area contributed by atoms with Crippen molar-refractivity contribution >= 4 is 0 Å². The van der Waals surface area contributed by atoms with Gasteiger partial charge in [0, 0.05) is 5.56 Å². The van der Waals surface area contributed by atoms with E-state index in [0.29, 0.717) is 11.3 Å². The molecular formula is C17H20O3. The summed E-state index contributed by atoms with van der Waals surface area (Å²) in [4.78, 5) is 0. The Morgan fingerprint density at radius 2 is 1.50 bits per heavy atom. The number of aliphatic hydroxyl groups is 2. The maximum absolute atomic E-state index is 9.48. The van der Waals surface area contributed by atoms with Crippen LogP contribution in [0.15, 0.2) is 42.5 Å². The van der Waals surface area contributed by atoms with E-state index in [9.17, 15) is 5.11 Å². The van der Waals surface area contributed by atoms with E-state index in [2.05, 4.69) is 0 Å². The molecule has 0 saturated carbocycles. The Labute approximate surface area is 119 Å². The summed E-state index contributed by atoms with van der Waals surface area (Å²) < 4.78 is 0. The zero-order chi connectivity index (χ0) is 14.5. The smallest absolute Gasteiger partial charge is 0.178 e. The molecule has 0 radical (unpaired) electrons. The van der Waals surface area contributed by atoms with E-state index in [4.69, 9.17) is 10.2 Å². The van der Waals surface area contributed by atoms with Crippen LogP contribution >= 0.6 is 0 Å². The molecule has 0 aliphatic carbocycles. The summed E-state index contributed by atoms with van der Waals surface area (Å²) in [6.07, 6.45) is 1.53. The van der Waals surface area contributed by atoms with Crippen LogP contribution in [0.4, 0.5) is 0 Å². The molecular weight excluding hydrogens is 252 g/mol. The van der Waals surface area contributed by atoms with E-state index in [1.54, 1.807) is 18.2 Å². The maximum Gasteiger partial charge on any atom is 0.178 e. The molecule has 0 aliphatic heterocycles. The van der Waals surface area contributed by atoms with E-state index in [0.717, 1.165) is 24.8 Å². The van der Waals surface area contributed by atoms with Crippen LogP contribution in [0.3, 0.4) is 0 Å². The molecule has 0 fully saturated rings. The molecule has 20 heavy (non-hydrogen) atoms. The lowest BCUT2D eigenvalue weighted by molar-refractivity contribution is -0.0424. The topological polar surface area (TPSA) is 60.7 Å². The van der Waals surface area contributed by atoms with Gasteiger partial charge < -0.3 is 15.3 Å². The normalized spacial score (nSPS) is 11.0. The highest BCUT2D eigenvalue weighted by Gasteiger charge is 2.02. The van der Waals surface area contributed by atoms with Gasteiger partial charge in [0.05, 0.1) is 0 Å². The summed E-state index contributed by atoms with van der Waals surface area (Å²) in [5.41, 5.74) is 3.83. The Bertz CT molecular complexity index is 559. The van der Waals surface area contributed by atoms with E-state index >= 15 is 0 Å². The Hall–Kier alpha value is -1.84. The minimum Gasteiger partial charge on any atom is -0.508 e. The first kappa shape index (κ1) is 14.6. The summed E-state index contributed by atoms with van der Waals surface area (Å²) >= 11 is 0. The highest BCUT2D eigenvalue weighted by molar-refractivity contribution is 5.35. The van der Waals surface area contributed by atoms with Gasteiger partial charge >= 0.3 is 0 Å². The van der Waals surface area contributed by atoms with E-state index in [-0.39, 0.29) is 0 Å². The standard InChI is InChI=1S/C17H20O3/c1-12-11-14(7-10-16(12)18)4-2-3-13-5-8-15(9-6-13)17(19)20/h5-11,17-20H,2-4H2,1H3. The second kappa shape index (κ2) is 6.55. The number of aryl methyl sites for hydroxylation is 3. The lowest BCUT2D eigenvalue weighted by Crippen LogP contribution is -1.95. The zero-order valence-electron chi connectivity index (χ0n) is 11.6. The summed E-state index contributed by atoms with van der Waals surface area (Å²) in [6.45, 7) is 1.90. The quantitative estimate of drug-likeness (QED) is 0.733. The van der Waals surface area contributed by atoms with Crippen LogP contribution in [-0.4, -0.2) is 15.3 Å². The molecule has 3 N–H and O–H groups in total. The number of aromatic hydroxyl groups is 1. The summed E-state index contributed by atoms with van der Waals surface area (Å²) in [6, 6.07) is 13.0. The molecule has 0 aliphatic rings. The lowest BCUT2D eigenvalue weighted by Gasteiger charge is -2.07. The largest absolute Gasteiger partial charge is 0.508 e. The van der Waals surface area contributed by atoms with Crippen molar-refractivity contribution in [3.05, 3.63) is 64.7 Å². The van der Waals surface area contributed by atoms with Crippen molar-refractivity contribution in [1.82, 2.24) is 0 Å². The number of aliphatic hydroxyl groups excluding tert-OH is 1. The molecule has 0 unspecified atom stereocenters. The van der Waals surface area contributed by atoms with Gasteiger partial charge in [0.2, 0.25) is 0 Å². The molecule has 0 heterocycles. The second-order valence-electron chi connectivity index (χ2n) is 5.09. The molecule has 2 aromatic carbocycles. The Morgan fingerprint density at radius 1 is 0.900 bits per heavy atom. The van der Waals surface area contributed by atoms with Gasteiger partial charge in [-0.3, -0.25) is 0 Å². The van der Waals surface area contributed by atoms with Gasteiger partial charge in [-0.05, 0) is 48.9 Å². The predicted octanol–water partition coefficient (Wildman–Crippen LogP) is 2.86. The highest BCUT2D eigenvalue weighted by Crippen LogP contribution is 2.19. The van der Waals surface area contributed by atoms with Crippen LogP contribution < -0.4 is 0 Å². The van der Waals surface area contributed by atoms with Crippen LogP contribution in [0.25, 0.3) is 0 Å². The van der Waals surface area contributed by atoms with Crippen LogP contribution in [0.2, 0.25) is 0 Å². The van der Waals surface area contributed by atoms with Crippen LogP contribution in [-0.2, 0) is 12.8 Å². The van der Waals surface area contributed by atoms with Crippen molar-refractivity contribution in [2.75, 3.05) is 0 Å². The summed E-state index contributed by atoms with van der Waals surface area (Å²) in [7, 11) is 0. The van der Waals surface area contributed by atoms with E-state index < -0.39 is 6.29 Å². The molecule has 3 heteroatoms. The number of phenols is 1. The monoisotopic (exact) mass is 272 g/mol.